The van der Waals surface area contributed by atoms with Crippen LogP contribution in [0.1, 0.15) is 27.4 Å². The van der Waals surface area contributed by atoms with Gasteiger partial charge >= 0.3 is 0 Å². The summed E-state index contributed by atoms with van der Waals surface area (Å²) in [5, 5.41) is 21.0. The highest BCUT2D eigenvalue weighted by Gasteiger charge is 2.64. The van der Waals surface area contributed by atoms with Crippen LogP contribution in [0.3, 0.4) is 0 Å². The molecular weight excluding hydrogens is 509 g/mol. The Bertz CT molecular complexity index is 1310. The monoisotopic (exact) mass is 527 g/mol. The number of anilines is 1. The number of Topliss-reactive ketones (excluding diaryl/α,β-unsaturated/α-hetero) is 1. The Morgan fingerprint density at radius 2 is 1.66 bits per heavy atom. The molecule has 0 radical (unpaired) electrons. The molecule has 2 aliphatic rings. The Balaban J connectivity index is 1.79. The second-order valence-corrected chi connectivity index (χ2v) is 9.30. The van der Waals surface area contributed by atoms with E-state index in [9.17, 15) is 15.3 Å². The van der Waals surface area contributed by atoms with Gasteiger partial charge in [0.1, 0.15) is 6.04 Å². The van der Waals surface area contributed by atoms with Crippen molar-refractivity contribution in [2.75, 3.05) is 4.90 Å². The number of ketones is 1. The highest BCUT2D eigenvalue weighted by Crippen LogP contribution is 2.56. The minimum atomic E-state index is -1.44. The molecule has 2 aliphatic heterocycles. The summed E-state index contributed by atoms with van der Waals surface area (Å²) >= 11 is 2.26. The van der Waals surface area contributed by atoms with Gasteiger partial charge in [-0.25, -0.2) is 0 Å². The number of hydrogen-bond acceptors (Lipinski definition) is 4. The molecular formula is C27H18IN3O. The maximum absolute atomic E-state index is 14.1. The molecule has 4 atom stereocenters. The second-order valence-electron chi connectivity index (χ2n) is 8.05. The molecule has 0 N–H and O–H groups in total. The molecule has 154 valence electrons. The molecule has 0 aliphatic carbocycles. The van der Waals surface area contributed by atoms with Crippen LogP contribution >= 0.6 is 22.6 Å². The van der Waals surface area contributed by atoms with Crippen LogP contribution in [0.4, 0.5) is 5.69 Å². The zero-order valence-electron chi connectivity index (χ0n) is 17.0. The highest BCUT2D eigenvalue weighted by molar-refractivity contribution is 14.1. The van der Waals surface area contributed by atoms with Crippen molar-refractivity contribution in [3.05, 3.63) is 105 Å². The molecule has 32 heavy (non-hydrogen) atoms. The first kappa shape index (κ1) is 20.5. The van der Waals surface area contributed by atoms with E-state index in [2.05, 4.69) is 40.8 Å². The summed E-state index contributed by atoms with van der Waals surface area (Å²) in [6.07, 6.45) is 3.90. The molecule has 3 aromatic carbocycles. The van der Waals surface area contributed by atoms with Crippen LogP contribution in [0.5, 0.6) is 0 Å². The van der Waals surface area contributed by atoms with Gasteiger partial charge in [0.25, 0.3) is 0 Å². The molecule has 0 bridgehead atoms. The van der Waals surface area contributed by atoms with E-state index in [0.717, 1.165) is 20.4 Å². The van der Waals surface area contributed by atoms with Crippen molar-refractivity contribution >= 4 is 40.1 Å². The van der Waals surface area contributed by atoms with Gasteiger partial charge in [-0.2, -0.15) is 10.5 Å². The summed E-state index contributed by atoms with van der Waals surface area (Å²) in [6.45, 7) is 0. The molecule has 0 spiro atoms. The van der Waals surface area contributed by atoms with Gasteiger partial charge in [0.15, 0.2) is 11.2 Å². The first-order valence-electron chi connectivity index (χ1n) is 10.3. The van der Waals surface area contributed by atoms with Crippen LogP contribution in [-0.2, 0) is 0 Å². The van der Waals surface area contributed by atoms with E-state index in [1.807, 2.05) is 65.6 Å². The lowest BCUT2D eigenvalue weighted by atomic mass is 9.65. The van der Waals surface area contributed by atoms with Gasteiger partial charge in [-0.15, -0.1) is 0 Å². The van der Waals surface area contributed by atoms with Crippen LogP contribution in [0.25, 0.3) is 6.08 Å². The zero-order valence-corrected chi connectivity index (χ0v) is 19.2. The fourth-order valence-corrected chi connectivity index (χ4v) is 5.67. The van der Waals surface area contributed by atoms with E-state index < -0.39 is 23.4 Å². The Morgan fingerprint density at radius 3 is 2.31 bits per heavy atom. The molecule has 1 fully saturated rings. The summed E-state index contributed by atoms with van der Waals surface area (Å²) in [4.78, 5) is 16.1. The van der Waals surface area contributed by atoms with Gasteiger partial charge in [-0.1, -0.05) is 72.8 Å². The minimum Gasteiger partial charge on any atom is -0.346 e. The lowest BCUT2D eigenvalue weighted by molar-refractivity contribution is 0.0842. The topological polar surface area (TPSA) is 67.9 Å². The molecule has 2 heterocycles. The van der Waals surface area contributed by atoms with Crippen LogP contribution in [0, 0.1) is 31.6 Å². The van der Waals surface area contributed by atoms with Gasteiger partial charge in [0.2, 0.25) is 0 Å². The van der Waals surface area contributed by atoms with Crippen molar-refractivity contribution in [3.63, 3.8) is 0 Å². The molecule has 0 aromatic heterocycles. The fourth-order valence-electron chi connectivity index (χ4n) is 5.15. The van der Waals surface area contributed by atoms with Gasteiger partial charge in [0.05, 0.1) is 18.2 Å². The summed E-state index contributed by atoms with van der Waals surface area (Å²) in [5.74, 6) is -0.855. The Morgan fingerprint density at radius 1 is 0.969 bits per heavy atom. The van der Waals surface area contributed by atoms with Gasteiger partial charge in [-0.05, 0) is 51.9 Å². The third-order valence-corrected chi connectivity index (χ3v) is 7.16. The summed E-state index contributed by atoms with van der Waals surface area (Å²) in [7, 11) is 0. The zero-order chi connectivity index (χ0) is 22.3. The molecule has 1 saturated heterocycles. The predicted octanol–water partition coefficient (Wildman–Crippen LogP) is 5.58. The number of hydrogen-bond donors (Lipinski definition) is 0. The number of fused-ring (bicyclic) bond motifs is 3. The van der Waals surface area contributed by atoms with Crippen LogP contribution in [-0.4, -0.2) is 17.9 Å². The predicted molar refractivity (Wildman–Crippen MR) is 132 cm³/mol. The standard InChI is InChI=1S/C27H18IN3O/c28-21-12-13-22-20(15-21)11-14-24-27(17-30,26(32)19-9-5-2-6-10-19)25(23(16-29)31(22)24)18-7-3-1-4-8-18/h1-15,23-25H/t23-,24-,25+,27-/m1/s1. The molecule has 4 nitrogen and oxygen atoms in total. The number of nitriles is 2. The third-order valence-electron chi connectivity index (χ3n) is 6.49. The van der Waals surface area contributed by atoms with Crippen molar-refractivity contribution in [1.82, 2.24) is 0 Å². The SMILES string of the molecule is N#C[C@@H]1[C@H](c2ccccc2)[C@](C#N)(C(=O)c2ccccc2)[C@H]2C=Cc3cc(I)ccc3N12. The van der Waals surface area contributed by atoms with E-state index in [1.54, 1.807) is 24.3 Å². The molecule has 5 heteroatoms. The summed E-state index contributed by atoms with van der Waals surface area (Å²) in [6, 6.07) is 28.2. The normalized spacial score (nSPS) is 25.3. The van der Waals surface area contributed by atoms with Crippen molar-refractivity contribution < 1.29 is 4.79 Å². The first-order chi connectivity index (χ1) is 15.6. The quantitative estimate of drug-likeness (QED) is 0.330. The lowest BCUT2D eigenvalue weighted by Gasteiger charge is -2.36. The first-order valence-corrected chi connectivity index (χ1v) is 11.4. The minimum absolute atomic E-state index is 0.249. The van der Waals surface area contributed by atoms with Crippen LogP contribution < -0.4 is 4.90 Å². The van der Waals surface area contributed by atoms with Crippen molar-refractivity contribution in [3.8, 4) is 12.1 Å². The average Bonchev–Trinajstić information content (AvgIpc) is 3.15. The summed E-state index contributed by atoms with van der Waals surface area (Å²) < 4.78 is 1.09. The smallest absolute Gasteiger partial charge is 0.186 e. The number of halogens is 1. The van der Waals surface area contributed by atoms with E-state index in [-0.39, 0.29) is 5.78 Å². The van der Waals surface area contributed by atoms with Gasteiger partial charge in [-0.3, -0.25) is 4.79 Å². The number of carbonyl (C=O) groups is 1. The van der Waals surface area contributed by atoms with Crippen molar-refractivity contribution in [2.24, 2.45) is 5.41 Å². The Kier molecular flexibility index (Phi) is 5.07. The van der Waals surface area contributed by atoms with Gasteiger partial charge in [0, 0.05) is 20.7 Å². The van der Waals surface area contributed by atoms with Crippen LogP contribution in [0.15, 0.2) is 84.9 Å². The molecule has 0 amide bonds. The molecule has 3 aromatic rings. The fraction of sp³-hybridized carbons (Fsp3) is 0.148. The van der Waals surface area contributed by atoms with E-state index in [4.69, 9.17) is 0 Å². The molecule has 0 unspecified atom stereocenters. The Hall–Kier alpha value is -3.42. The van der Waals surface area contributed by atoms with E-state index >= 15 is 0 Å². The van der Waals surface area contributed by atoms with E-state index in [0.29, 0.717) is 5.56 Å². The number of rotatable bonds is 3. The van der Waals surface area contributed by atoms with Crippen molar-refractivity contribution in [1.29, 1.82) is 10.5 Å². The molecule has 0 saturated carbocycles. The maximum atomic E-state index is 14.1. The number of benzene rings is 3. The van der Waals surface area contributed by atoms with E-state index in [1.165, 1.54) is 0 Å². The lowest BCUT2D eigenvalue weighted by Crippen LogP contribution is -2.45. The largest absolute Gasteiger partial charge is 0.346 e. The highest BCUT2D eigenvalue weighted by atomic mass is 127. The summed E-state index contributed by atoms with van der Waals surface area (Å²) in [5.41, 5.74) is 1.72. The average molecular weight is 527 g/mol. The third kappa shape index (κ3) is 2.89. The number of nitrogens with zero attached hydrogens (tertiary/aromatic N) is 3. The maximum Gasteiger partial charge on any atom is 0.186 e. The van der Waals surface area contributed by atoms with Crippen molar-refractivity contribution in [2.45, 2.75) is 18.0 Å². The molecule has 5 rings (SSSR count). The van der Waals surface area contributed by atoms with Gasteiger partial charge < -0.3 is 4.90 Å². The second kappa shape index (κ2) is 7.93. The number of carbonyl (C=O) groups excluding carboxylic acids is 1. The van der Waals surface area contributed by atoms with Crippen LogP contribution in [0.2, 0.25) is 0 Å². The Labute approximate surface area is 200 Å².